The summed E-state index contributed by atoms with van der Waals surface area (Å²) >= 11 is 6.09. The van der Waals surface area contributed by atoms with Crippen LogP contribution in [0.5, 0.6) is 0 Å². The number of hydrogen-bond donors (Lipinski definition) is 2. The Kier molecular flexibility index (Phi) is 9.25. The van der Waals surface area contributed by atoms with Crippen molar-refractivity contribution in [3.63, 3.8) is 0 Å². The van der Waals surface area contributed by atoms with Crippen LogP contribution in [0.25, 0.3) is 0 Å². The molecule has 4 heterocycles. The second-order valence-corrected chi connectivity index (χ2v) is 11.9. The maximum atomic E-state index is 13.9. The maximum absolute atomic E-state index is 13.9. The molecule has 2 aromatic heterocycles. The SMILES string of the molecule is O=C(Nc1ccc(N2CCN(C(=O)C(O)c3cc(F)cc(F)c3)CC2)nc1)c1oc(N2CCC(c3cccc(Cl)c3)C2)nc1C(F)(F)F. The zero-order chi connectivity index (χ0) is 34.2. The van der Waals surface area contributed by atoms with E-state index in [0.717, 1.165) is 17.7 Å². The molecule has 2 N–H and O–H groups in total. The highest BCUT2D eigenvalue weighted by Crippen LogP contribution is 2.37. The van der Waals surface area contributed by atoms with Gasteiger partial charge in [-0.25, -0.2) is 13.8 Å². The van der Waals surface area contributed by atoms with E-state index in [9.17, 15) is 36.6 Å². The predicted molar refractivity (Wildman–Crippen MR) is 165 cm³/mol. The van der Waals surface area contributed by atoms with E-state index in [1.165, 1.54) is 17.2 Å². The van der Waals surface area contributed by atoms with E-state index in [1.807, 2.05) is 11.0 Å². The molecule has 2 saturated heterocycles. The van der Waals surface area contributed by atoms with Gasteiger partial charge in [-0.15, -0.1) is 0 Å². The number of carbonyl (C=O) groups excluding carboxylic acids is 2. The van der Waals surface area contributed by atoms with Crippen molar-refractivity contribution < 1.29 is 41.1 Å². The van der Waals surface area contributed by atoms with Crippen LogP contribution < -0.4 is 15.1 Å². The average Bonchev–Trinajstić information content (AvgIpc) is 3.73. The van der Waals surface area contributed by atoms with Gasteiger partial charge in [0.15, 0.2) is 11.8 Å². The van der Waals surface area contributed by atoms with Crippen molar-refractivity contribution in [1.29, 1.82) is 0 Å². The highest BCUT2D eigenvalue weighted by Gasteiger charge is 2.42. The van der Waals surface area contributed by atoms with Crippen LogP contribution in [-0.2, 0) is 11.0 Å². The van der Waals surface area contributed by atoms with Crippen LogP contribution in [0.4, 0.5) is 39.5 Å². The summed E-state index contributed by atoms with van der Waals surface area (Å²) in [6.07, 6.45) is -4.78. The van der Waals surface area contributed by atoms with Crippen molar-refractivity contribution in [2.24, 2.45) is 0 Å². The average molecular weight is 691 g/mol. The van der Waals surface area contributed by atoms with Crippen molar-refractivity contribution in [2.45, 2.75) is 24.6 Å². The second-order valence-electron chi connectivity index (χ2n) is 11.4. The van der Waals surface area contributed by atoms with Crippen LogP contribution in [0.2, 0.25) is 5.02 Å². The number of carbonyl (C=O) groups is 2. The summed E-state index contributed by atoms with van der Waals surface area (Å²) < 4.78 is 74.2. The third-order valence-electron chi connectivity index (χ3n) is 8.23. The summed E-state index contributed by atoms with van der Waals surface area (Å²) in [4.78, 5) is 38.4. The lowest BCUT2D eigenvalue weighted by molar-refractivity contribution is -0.142. The summed E-state index contributed by atoms with van der Waals surface area (Å²) in [5, 5.41) is 13.3. The number of aliphatic hydroxyl groups excluding tert-OH is 1. The van der Waals surface area contributed by atoms with Crippen LogP contribution in [0, 0.1) is 11.6 Å². The minimum atomic E-state index is -4.95. The molecule has 2 unspecified atom stereocenters. The number of anilines is 3. The Morgan fingerprint density at radius 1 is 0.979 bits per heavy atom. The zero-order valence-corrected chi connectivity index (χ0v) is 25.8. The Hall–Kier alpha value is -4.76. The number of aromatic nitrogens is 2. The molecule has 0 saturated carbocycles. The fourth-order valence-electron chi connectivity index (χ4n) is 5.80. The van der Waals surface area contributed by atoms with Gasteiger partial charge in [0, 0.05) is 56.3 Å². The fourth-order valence-corrected chi connectivity index (χ4v) is 5.99. The molecule has 2 aliphatic rings. The van der Waals surface area contributed by atoms with Crippen LogP contribution in [0.3, 0.4) is 0 Å². The number of hydrogen-bond acceptors (Lipinski definition) is 8. The standard InChI is InChI=1S/C32H28ClF5N6O4/c33-21-3-1-2-18(12-21)19-6-7-44(17-19)31-41-28(32(36,37)38)27(48-31)29(46)40-24-4-5-25(39-16-24)42-8-10-43(11-9-42)30(47)26(45)20-13-22(34)15-23(35)14-20/h1-5,12-16,19,26,45H,6-11,17H2,(H,40,46). The van der Waals surface area contributed by atoms with E-state index >= 15 is 0 Å². The number of aliphatic hydroxyl groups is 1. The van der Waals surface area contributed by atoms with Crippen LogP contribution in [0.1, 0.15) is 45.8 Å². The topological polar surface area (TPSA) is 115 Å². The number of nitrogens with zero attached hydrogens (tertiary/aromatic N) is 5. The molecule has 0 radical (unpaired) electrons. The summed E-state index contributed by atoms with van der Waals surface area (Å²) in [5.41, 5.74) is -0.585. The van der Waals surface area contributed by atoms with Gasteiger partial charge in [0.05, 0.1) is 11.9 Å². The Bertz CT molecular complexity index is 1790. The van der Waals surface area contributed by atoms with Gasteiger partial charge >= 0.3 is 6.18 Å². The van der Waals surface area contributed by atoms with Crippen molar-refractivity contribution >= 4 is 40.9 Å². The zero-order valence-electron chi connectivity index (χ0n) is 25.1. The van der Waals surface area contributed by atoms with Gasteiger partial charge in [0.25, 0.3) is 17.8 Å². The molecule has 0 bridgehead atoms. The molecule has 2 aromatic carbocycles. The lowest BCUT2D eigenvalue weighted by Crippen LogP contribution is -2.50. The Morgan fingerprint density at radius 2 is 1.71 bits per heavy atom. The highest BCUT2D eigenvalue weighted by molar-refractivity contribution is 6.30. The quantitative estimate of drug-likeness (QED) is 0.239. The summed E-state index contributed by atoms with van der Waals surface area (Å²) in [7, 11) is 0. The van der Waals surface area contributed by atoms with Gasteiger partial charge < -0.3 is 29.5 Å². The van der Waals surface area contributed by atoms with Gasteiger partial charge in [-0.1, -0.05) is 23.7 Å². The predicted octanol–water partition coefficient (Wildman–Crippen LogP) is 5.65. The van der Waals surface area contributed by atoms with Crippen LogP contribution in [0.15, 0.2) is 65.2 Å². The first kappa shape index (κ1) is 33.2. The van der Waals surface area contributed by atoms with Gasteiger partial charge in [-0.05, 0) is 53.9 Å². The molecular weight excluding hydrogens is 663 g/mol. The first-order valence-electron chi connectivity index (χ1n) is 14.9. The normalized spacial score (nSPS) is 17.5. The molecule has 0 spiro atoms. The molecule has 252 valence electrons. The second kappa shape index (κ2) is 13.4. The summed E-state index contributed by atoms with van der Waals surface area (Å²) in [5.74, 6) is -4.19. The van der Waals surface area contributed by atoms with Crippen molar-refractivity contribution in [2.75, 3.05) is 54.4 Å². The van der Waals surface area contributed by atoms with Crippen molar-refractivity contribution in [3.05, 3.63) is 100 Å². The van der Waals surface area contributed by atoms with E-state index in [4.69, 9.17) is 16.0 Å². The largest absolute Gasteiger partial charge is 0.437 e. The molecule has 0 aliphatic carbocycles. The van der Waals surface area contributed by atoms with Crippen LogP contribution in [-0.4, -0.2) is 71.1 Å². The number of nitrogens with one attached hydrogen (secondary N) is 1. The first-order chi connectivity index (χ1) is 22.9. The Morgan fingerprint density at radius 3 is 2.35 bits per heavy atom. The molecule has 2 amide bonds. The number of benzene rings is 2. The lowest BCUT2D eigenvalue weighted by Gasteiger charge is -2.36. The molecule has 16 heteroatoms. The minimum Gasteiger partial charge on any atom is -0.417 e. The number of pyridine rings is 1. The molecular formula is C32H28ClF5N6O4. The molecule has 10 nitrogen and oxygen atoms in total. The molecule has 6 rings (SSSR count). The van der Waals surface area contributed by atoms with Gasteiger partial charge in [0.2, 0.25) is 5.76 Å². The number of amides is 2. The maximum Gasteiger partial charge on any atom is 0.437 e. The molecule has 2 atom stereocenters. The number of alkyl halides is 3. The summed E-state index contributed by atoms with van der Waals surface area (Å²) in [6.45, 7) is 1.67. The summed E-state index contributed by atoms with van der Waals surface area (Å²) in [6, 6.07) is 12.4. The van der Waals surface area contributed by atoms with E-state index in [2.05, 4.69) is 15.3 Å². The Balaban J connectivity index is 1.07. The van der Waals surface area contributed by atoms with Crippen molar-refractivity contribution in [1.82, 2.24) is 14.9 Å². The molecule has 48 heavy (non-hydrogen) atoms. The van der Waals surface area contributed by atoms with E-state index in [-0.39, 0.29) is 36.3 Å². The van der Waals surface area contributed by atoms with Gasteiger partial charge in [-0.3, -0.25) is 9.59 Å². The fraction of sp³-hybridized carbons (Fsp3) is 0.312. The first-order valence-corrected chi connectivity index (χ1v) is 15.3. The number of oxazole rings is 1. The van der Waals surface area contributed by atoms with Gasteiger partial charge in [-0.2, -0.15) is 18.2 Å². The smallest absolute Gasteiger partial charge is 0.417 e. The third-order valence-corrected chi connectivity index (χ3v) is 8.46. The monoisotopic (exact) mass is 690 g/mol. The van der Waals surface area contributed by atoms with E-state index in [1.54, 1.807) is 29.2 Å². The van der Waals surface area contributed by atoms with E-state index < -0.39 is 47.2 Å². The molecule has 2 aliphatic heterocycles. The van der Waals surface area contributed by atoms with Crippen LogP contribution >= 0.6 is 11.6 Å². The number of rotatable bonds is 7. The van der Waals surface area contributed by atoms with Crippen molar-refractivity contribution in [3.8, 4) is 0 Å². The third kappa shape index (κ3) is 7.21. The van der Waals surface area contributed by atoms with E-state index in [0.29, 0.717) is 49.5 Å². The number of halogens is 6. The Labute approximate surface area is 275 Å². The van der Waals surface area contributed by atoms with Gasteiger partial charge in [0.1, 0.15) is 17.5 Å². The molecule has 2 fully saturated rings. The lowest BCUT2D eigenvalue weighted by atomic mass is 9.99. The number of piperazine rings is 1. The molecule has 4 aromatic rings. The minimum absolute atomic E-state index is 0.00645. The highest BCUT2D eigenvalue weighted by atomic mass is 35.5.